The Morgan fingerprint density at radius 2 is 1.16 bits per heavy atom. The van der Waals surface area contributed by atoms with Crippen molar-refractivity contribution < 1.29 is 13.2 Å². The van der Waals surface area contributed by atoms with E-state index in [0.717, 1.165) is 46.8 Å². The van der Waals surface area contributed by atoms with Crippen molar-refractivity contribution in [1.29, 1.82) is 0 Å². The summed E-state index contributed by atoms with van der Waals surface area (Å²) in [5, 5.41) is 2.20. The third kappa shape index (κ3) is 3.03. The van der Waals surface area contributed by atoms with Crippen molar-refractivity contribution in [3.63, 3.8) is 0 Å². The molecule has 1 heterocycles. The molecule has 1 nitrogen and oxygen atoms in total. The van der Waals surface area contributed by atoms with Crippen molar-refractivity contribution in [2.24, 2.45) is 0 Å². The molecule has 0 atom stereocenters. The Labute approximate surface area is 169 Å². The van der Waals surface area contributed by atoms with E-state index < -0.39 is 11.7 Å². The second-order valence-corrected chi connectivity index (χ2v) is 8.19. The maximum atomic E-state index is 12.8. The van der Waals surface area contributed by atoms with Crippen LogP contribution in [0.3, 0.4) is 0 Å². The van der Waals surface area contributed by atoms with Crippen LogP contribution in [0.2, 0.25) is 0 Å². The number of alkyl halides is 3. The summed E-state index contributed by atoms with van der Waals surface area (Å²) < 4.78 is 42.8. The van der Waals surface area contributed by atoms with Crippen LogP contribution in [0.15, 0.2) is 60.7 Å². The zero-order chi connectivity index (χ0) is 17.8. The predicted octanol–water partition coefficient (Wildman–Crippen LogP) is 7.01. The zero-order valence-corrected chi connectivity index (χ0v) is 16.9. The first kappa shape index (κ1) is 17.1. The molecule has 0 saturated carbocycles. The molecule has 126 valence electrons. The number of benzene rings is 3. The molecule has 0 saturated heterocycles. The van der Waals surface area contributed by atoms with Gasteiger partial charge in [-0.05, 0) is 106 Å². The van der Waals surface area contributed by atoms with E-state index in [1.807, 2.05) is 28.8 Å². The smallest absolute Gasteiger partial charge is 0.309 e. The number of hydrogen-bond donors (Lipinski definition) is 0. The molecule has 0 spiro atoms. The summed E-state index contributed by atoms with van der Waals surface area (Å²) in [5.41, 5.74) is 2.05. The summed E-state index contributed by atoms with van der Waals surface area (Å²) >= 11 is 4.54. The minimum absolute atomic E-state index is 0.638. The highest BCUT2D eigenvalue weighted by molar-refractivity contribution is 14.1. The van der Waals surface area contributed by atoms with Crippen LogP contribution in [0.5, 0.6) is 0 Å². The van der Waals surface area contributed by atoms with Crippen LogP contribution in [0.25, 0.3) is 27.5 Å². The fraction of sp³-hybridized carbons (Fsp3) is 0.0526. The molecule has 25 heavy (non-hydrogen) atoms. The lowest BCUT2D eigenvalue weighted by Gasteiger charge is -2.10. The van der Waals surface area contributed by atoms with Gasteiger partial charge in [0, 0.05) is 23.6 Å². The Bertz CT molecular complexity index is 1040. The number of nitrogens with zero attached hydrogens (tertiary/aromatic N) is 1. The van der Waals surface area contributed by atoms with Crippen molar-refractivity contribution in [3.05, 3.63) is 73.4 Å². The Morgan fingerprint density at radius 1 is 0.680 bits per heavy atom. The molecule has 0 fully saturated rings. The Balaban J connectivity index is 2.03. The number of hydrogen-bond acceptors (Lipinski definition) is 0. The lowest BCUT2D eigenvalue weighted by Crippen LogP contribution is -2.05. The molecule has 0 aliphatic heterocycles. The first-order valence-electron chi connectivity index (χ1n) is 7.41. The average Bonchev–Trinajstić information content (AvgIpc) is 2.87. The summed E-state index contributed by atoms with van der Waals surface area (Å²) in [6, 6.07) is 17.6. The molecule has 0 radical (unpaired) electrons. The van der Waals surface area contributed by atoms with E-state index in [1.54, 1.807) is 0 Å². The predicted molar refractivity (Wildman–Crippen MR) is 111 cm³/mol. The second kappa shape index (κ2) is 6.15. The third-order valence-corrected chi connectivity index (χ3v) is 5.48. The molecule has 4 aromatic rings. The SMILES string of the molecule is FC(F)(F)c1ccc(-n2c3ccc(I)cc3c3cc(I)ccc32)cc1. The Hall–Kier alpha value is -1.29. The average molecular weight is 563 g/mol. The number of aromatic nitrogens is 1. The van der Waals surface area contributed by atoms with Gasteiger partial charge in [0.1, 0.15) is 0 Å². The highest BCUT2D eigenvalue weighted by atomic mass is 127. The normalized spacial score (nSPS) is 12.2. The van der Waals surface area contributed by atoms with Gasteiger partial charge < -0.3 is 4.57 Å². The van der Waals surface area contributed by atoms with Crippen molar-refractivity contribution in [3.8, 4) is 5.69 Å². The van der Waals surface area contributed by atoms with Crippen molar-refractivity contribution in [2.45, 2.75) is 6.18 Å². The maximum absolute atomic E-state index is 12.8. The van der Waals surface area contributed by atoms with Crippen molar-refractivity contribution >= 4 is 67.0 Å². The van der Waals surface area contributed by atoms with E-state index in [-0.39, 0.29) is 0 Å². The fourth-order valence-electron chi connectivity index (χ4n) is 3.05. The first-order chi connectivity index (χ1) is 11.8. The van der Waals surface area contributed by atoms with Gasteiger partial charge in [-0.1, -0.05) is 0 Å². The van der Waals surface area contributed by atoms with Gasteiger partial charge in [-0.2, -0.15) is 13.2 Å². The molecule has 0 bridgehead atoms. The van der Waals surface area contributed by atoms with Crippen LogP contribution in [0.4, 0.5) is 13.2 Å². The number of rotatable bonds is 1. The van der Waals surface area contributed by atoms with Gasteiger partial charge in [0.2, 0.25) is 0 Å². The van der Waals surface area contributed by atoms with E-state index in [9.17, 15) is 13.2 Å². The largest absolute Gasteiger partial charge is 0.416 e. The zero-order valence-electron chi connectivity index (χ0n) is 12.6. The molecule has 0 N–H and O–H groups in total. The van der Waals surface area contributed by atoms with Gasteiger partial charge >= 0.3 is 6.18 Å². The molecule has 0 aliphatic carbocycles. The van der Waals surface area contributed by atoms with Crippen LogP contribution in [-0.4, -0.2) is 4.57 Å². The third-order valence-electron chi connectivity index (χ3n) is 4.14. The monoisotopic (exact) mass is 563 g/mol. The van der Waals surface area contributed by atoms with Crippen LogP contribution in [0, 0.1) is 7.14 Å². The van der Waals surface area contributed by atoms with E-state index >= 15 is 0 Å². The van der Waals surface area contributed by atoms with E-state index in [2.05, 4.69) is 57.3 Å². The topological polar surface area (TPSA) is 4.93 Å². The van der Waals surface area contributed by atoms with E-state index in [4.69, 9.17) is 0 Å². The fourth-order valence-corrected chi connectivity index (χ4v) is 4.03. The number of fused-ring (bicyclic) bond motifs is 3. The minimum atomic E-state index is -4.33. The first-order valence-corrected chi connectivity index (χ1v) is 9.57. The van der Waals surface area contributed by atoms with Crippen LogP contribution in [0.1, 0.15) is 5.56 Å². The Morgan fingerprint density at radius 3 is 1.60 bits per heavy atom. The summed E-state index contributed by atoms with van der Waals surface area (Å²) in [4.78, 5) is 0. The van der Waals surface area contributed by atoms with E-state index in [1.165, 1.54) is 12.1 Å². The Kier molecular flexibility index (Phi) is 4.22. The van der Waals surface area contributed by atoms with Crippen LogP contribution < -0.4 is 0 Å². The highest BCUT2D eigenvalue weighted by Gasteiger charge is 2.30. The molecule has 6 heteroatoms. The molecule has 0 unspecified atom stereocenters. The lowest BCUT2D eigenvalue weighted by molar-refractivity contribution is -0.137. The summed E-state index contributed by atoms with van der Waals surface area (Å²) in [5.74, 6) is 0. The summed E-state index contributed by atoms with van der Waals surface area (Å²) in [7, 11) is 0. The van der Waals surface area contributed by atoms with Crippen molar-refractivity contribution in [2.75, 3.05) is 0 Å². The second-order valence-electron chi connectivity index (χ2n) is 5.70. The molecular weight excluding hydrogens is 553 g/mol. The van der Waals surface area contributed by atoms with Crippen LogP contribution in [-0.2, 0) is 6.18 Å². The van der Waals surface area contributed by atoms with Gasteiger partial charge in [0.05, 0.1) is 16.6 Å². The molecule has 0 aliphatic rings. The standard InChI is InChI=1S/C19H10F3I2N/c20-19(21,22)11-1-5-14(6-2-11)25-17-7-3-12(23)9-15(17)16-10-13(24)4-8-18(16)25/h1-10H. The molecule has 4 rings (SSSR count). The molecule has 1 aromatic heterocycles. The van der Waals surface area contributed by atoms with E-state index in [0.29, 0.717) is 0 Å². The summed E-state index contributed by atoms with van der Waals surface area (Å²) in [6.45, 7) is 0. The van der Waals surface area contributed by atoms with Gasteiger partial charge in [-0.3, -0.25) is 0 Å². The number of halogens is 5. The van der Waals surface area contributed by atoms with Gasteiger partial charge in [0.15, 0.2) is 0 Å². The van der Waals surface area contributed by atoms with Gasteiger partial charge in [-0.25, -0.2) is 0 Å². The van der Waals surface area contributed by atoms with Crippen LogP contribution >= 0.6 is 45.2 Å². The quantitative estimate of drug-likeness (QED) is 0.220. The molecular formula is C19H10F3I2N. The van der Waals surface area contributed by atoms with Gasteiger partial charge in [-0.15, -0.1) is 0 Å². The minimum Gasteiger partial charge on any atom is -0.309 e. The maximum Gasteiger partial charge on any atom is 0.416 e. The summed E-state index contributed by atoms with van der Waals surface area (Å²) in [6.07, 6.45) is -4.33. The molecule has 0 amide bonds. The van der Waals surface area contributed by atoms with Gasteiger partial charge in [0.25, 0.3) is 0 Å². The lowest BCUT2D eigenvalue weighted by atomic mass is 10.2. The highest BCUT2D eigenvalue weighted by Crippen LogP contribution is 2.35. The van der Waals surface area contributed by atoms with Crippen molar-refractivity contribution in [1.82, 2.24) is 4.57 Å². The molecule has 3 aromatic carbocycles.